The summed E-state index contributed by atoms with van der Waals surface area (Å²) in [4.78, 5) is 14.5. The van der Waals surface area contributed by atoms with E-state index in [1.165, 1.54) is 5.56 Å². The maximum Gasteiger partial charge on any atom is 0.322 e. The summed E-state index contributed by atoms with van der Waals surface area (Å²) in [5.41, 5.74) is 3.38. The van der Waals surface area contributed by atoms with Gasteiger partial charge in [-0.05, 0) is 49.1 Å². The second kappa shape index (κ2) is 6.67. The van der Waals surface area contributed by atoms with E-state index in [0.717, 1.165) is 35.6 Å². The molecule has 0 radical (unpaired) electrons. The fourth-order valence-corrected chi connectivity index (χ4v) is 3.52. The van der Waals surface area contributed by atoms with E-state index < -0.39 is 0 Å². The van der Waals surface area contributed by atoms with Crippen molar-refractivity contribution in [2.45, 2.75) is 25.8 Å². The van der Waals surface area contributed by atoms with E-state index in [1.54, 1.807) is 0 Å². The van der Waals surface area contributed by atoms with Gasteiger partial charge in [0, 0.05) is 18.3 Å². The Hall–Kier alpha value is -2.69. The summed E-state index contributed by atoms with van der Waals surface area (Å²) < 4.78 is 11.1. The minimum atomic E-state index is -0.0324. The monoisotopic (exact) mass is 338 g/mol. The van der Waals surface area contributed by atoms with Crippen molar-refractivity contribution in [3.05, 3.63) is 53.6 Å². The van der Waals surface area contributed by atoms with Crippen molar-refractivity contribution >= 4 is 11.7 Å². The fraction of sp³-hybridized carbons (Fsp3) is 0.350. The quantitative estimate of drug-likeness (QED) is 0.935. The minimum Gasteiger partial charge on any atom is -0.486 e. The van der Waals surface area contributed by atoms with Gasteiger partial charge in [0.25, 0.3) is 0 Å². The summed E-state index contributed by atoms with van der Waals surface area (Å²) in [6.07, 6.45) is 1.66. The zero-order valence-electron chi connectivity index (χ0n) is 14.3. The van der Waals surface area contributed by atoms with Gasteiger partial charge in [-0.15, -0.1) is 0 Å². The van der Waals surface area contributed by atoms with Crippen LogP contribution >= 0.6 is 0 Å². The van der Waals surface area contributed by atoms with Gasteiger partial charge < -0.3 is 14.8 Å². The van der Waals surface area contributed by atoms with E-state index in [1.807, 2.05) is 41.3 Å². The molecule has 2 aromatic carbocycles. The van der Waals surface area contributed by atoms with Crippen LogP contribution in [0.5, 0.6) is 11.5 Å². The minimum absolute atomic E-state index is 0.0324. The fourth-order valence-electron chi connectivity index (χ4n) is 3.52. The molecule has 130 valence electrons. The van der Waals surface area contributed by atoms with Crippen molar-refractivity contribution in [1.82, 2.24) is 5.32 Å². The molecule has 5 heteroatoms. The average molecular weight is 338 g/mol. The standard InChI is InChI=1S/C20H22N2O3/c1-14-12-16-4-2-3-5-17(16)22(14)20(23)21-9-8-15-6-7-18-19(13-15)25-11-10-24-18/h2-7,13-14H,8-12H2,1H3,(H,21,23). The highest BCUT2D eigenvalue weighted by Gasteiger charge is 2.30. The highest BCUT2D eigenvalue weighted by atomic mass is 16.6. The van der Waals surface area contributed by atoms with Crippen LogP contribution in [0.25, 0.3) is 0 Å². The lowest BCUT2D eigenvalue weighted by atomic mass is 10.1. The Morgan fingerprint density at radius 2 is 1.96 bits per heavy atom. The maximum absolute atomic E-state index is 12.6. The molecular formula is C20H22N2O3. The van der Waals surface area contributed by atoms with Gasteiger partial charge in [-0.3, -0.25) is 4.90 Å². The van der Waals surface area contributed by atoms with Crippen LogP contribution in [0.1, 0.15) is 18.1 Å². The number of hydrogen-bond donors (Lipinski definition) is 1. The van der Waals surface area contributed by atoms with E-state index in [2.05, 4.69) is 18.3 Å². The predicted molar refractivity (Wildman–Crippen MR) is 96.6 cm³/mol. The molecule has 2 heterocycles. The normalized spacial score (nSPS) is 18.0. The van der Waals surface area contributed by atoms with Gasteiger partial charge in [0.1, 0.15) is 13.2 Å². The molecule has 0 aromatic heterocycles. The topological polar surface area (TPSA) is 50.8 Å². The number of carbonyl (C=O) groups excluding carboxylic acids is 1. The second-order valence-electron chi connectivity index (χ2n) is 6.51. The third kappa shape index (κ3) is 3.14. The zero-order valence-corrected chi connectivity index (χ0v) is 14.3. The molecule has 2 amide bonds. The highest BCUT2D eigenvalue weighted by molar-refractivity contribution is 5.94. The van der Waals surface area contributed by atoms with E-state index in [9.17, 15) is 4.79 Å². The maximum atomic E-state index is 12.6. The average Bonchev–Trinajstić information content (AvgIpc) is 2.97. The molecular weight excluding hydrogens is 316 g/mol. The SMILES string of the molecule is CC1Cc2ccccc2N1C(=O)NCCc1ccc2c(c1)OCCO2. The van der Waals surface area contributed by atoms with Gasteiger partial charge in [0.15, 0.2) is 11.5 Å². The lowest BCUT2D eigenvalue weighted by molar-refractivity contribution is 0.171. The van der Waals surface area contributed by atoms with Crippen molar-refractivity contribution in [2.24, 2.45) is 0 Å². The summed E-state index contributed by atoms with van der Waals surface area (Å²) in [5.74, 6) is 1.58. The first-order valence-electron chi connectivity index (χ1n) is 8.76. The Morgan fingerprint density at radius 1 is 1.16 bits per heavy atom. The molecule has 0 saturated carbocycles. The van der Waals surface area contributed by atoms with E-state index >= 15 is 0 Å². The first kappa shape index (κ1) is 15.8. The van der Waals surface area contributed by atoms with Crippen molar-refractivity contribution in [2.75, 3.05) is 24.7 Å². The summed E-state index contributed by atoms with van der Waals surface area (Å²) >= 11 is 0. The smallest absolute Gasteiger partial charge is 0.322 e. The van der Waals surface area contributed by atoms with E-state index in [-0.39, 0.29) is 12.1 Å². The Kier molecular flexibility index (Phi) is 4.22. The molecule has 0 fully saturated rings. The number of nitrogens with zero attached hydrogens (tertiary/aromatic N) is 1. The van der Waals surface area contributed by atoms with Crippen LogP contribution in [0, 0.1) is 0 Å². The van der Waals surface area contributed by atoms with Crippen LogP contribution in [0.15, 0.2) is 42.5 Å². The number of amides is 2. The third-order valence-corrected chi connectivity index (χ3v) is 4.72. The molecule has 0 saturated heterocycles. The van der Waals surface area contributed by atoms with Crippen molar-refractivity contribution < 1.29 is 14.3 Å². The number of hydrogen-bond acceptors (Lipinski definition) is 3. The first-order valence-corrected chi connectivity index (χ1v) is 8.76. The molecule has 2 aromatic rings. The van der Waals surface area contributed by atoms with Crippen molar-refractivity contribution in [3.8, 4) is 11.5 Å². The molecule has 0 aliphatic carbocycles. The van der Waals surface area contributed by atoms with Gasteiger partial charge in [-0.1, -0.05) is 24.3 Å². The van der Waals surface area contributed by atoms with Crippen molar-refractivity contribution in [3.63, 3.8) is 0 Å². The molecule has 1 unspecified atom stereocenters. The molecule has 2 aliphatic heterocycles. The number of fused-ring (bicyclic) bond motifs is 2. The number of benzene rings is 2. The van der Waals surface area contributed by atoms with Crippen LogP contribution in [-0.4, -0.2) is 31.8 Å². The van der Waals surface area contributed by atoms with Gasteiger partial charge in [0.2, 0.25) is 0 Å². The first-order chi connectivity index (χ1) is 12.2. The molecule has 0 bridgehead atoms. The third-order valence-electron chi connectivity index (χ3n) is 4.72. The van der Waals surface area contributed by atoms with Gasteiger partial charge in [-0.25, -0.2) is 4.79 Å². The number of rotatable bonds is 3. The highest BCUT2D eigenvalue weighted by Crippen LogP contribution is 2.32. The van der Waals surface area contributed by atoms with Crippen molar-refractivity contribution in [1.29, 1.82) is 0 Å². The zero-order chi connectivity index (χ0) is 17.2. The van der Waals surface area contributed by atoms with E-state index in [0.29, 0.717) is 19.8 Å². The number of urea groups is 1. The van der Waals surface area contributed by atoms with E-state index in [4.69, 9.17) is 9.47 Å². The number of para-hydroxylation sites is 1. The molecule has 0 spiro atoms. The molecule has 1 N–H and O–H groups in total. The Balaban J connectivity index is 1.37. The number of anilines is 1. The molecule has 25 heavy (non-hydrogen) atoms. The Bertz CT molecular complexity index is 790. The largest absolute Gasteiger partial charge is 0.486 e. The second-order valence-corrected chi connectivity index (χ2v) is 6.51. The summed E-state index contributed by atoms with van der Waals surface area (Å²) in [7, 11) is 0. The lowest BCUT2D eigenvalue weighted by Gasteiger charge is -2.23. The van der Waals surface area contributed by atoms with Crippen LogP contribution in [0.4, 0.5) is 10.5 Å². The number of carbonyl (C=O) groups is 1. The van der Waals surface area contributed by atoms with Crippen LogP contribution in [0.3, 0.4) is 0 Å². The molecule has 2 aliphatic rings. The van der Waals surface area contributed by atoms with Gasteiger partial charge in [0.05, 0.1) is 0 Å². The van der Waals surface area contributed by atoms with Crippen LogP contribution in [0.2, 0.25) is 0 Å². The van der Waals surface area contributed by atoms with Gasteiger partial charge in [-0.2, -0.15) is 0 Å². The summed E-state index contributed by atoms with van der Waals surface area (Å²) in [6.45, 7) is 3.85. The Morgan fingerprint density at radius 3 is 2.84 bits per heavy atom. The summed E-state index contributed by atoms with van der Waals surface area (Å²) in [5, 5.41) is 3.04. The molecule has 1 atom stereocenters. The molecule has 5 nitrogen and oxygen atoms in total. The van der Waals surface area contributed by atoms with Gasteiger partial charge >= 0.3 is 6.03 Å². The van der Waals surface area contributed by atoms with Crippen LogP contribution in [-0.2, 0) is 12.8 Å². The molecule has 4 rings (SSSR count). The number of nitrogens with one attached hydrogen (secondary N) is 1. The predicted octanol–water partition coefficient (Wildman–Crippen LogP) is 3.16. The lowest BCUT2D eigenvalue weighted by Crippen LogP contribution is -2.43. The van der Waals surface area contributed by atoms with Crippen LogP contribution < -0.4 is 19.7 Å². The number of ether oxygens (including phenoxy) is 2. The Labute approximate surface area is 147 Å². The summed E-state index contributed by atoms with van der Waals surface area (Å²) in [6, 6.07) is 14.2.